The fraction of sp³-hybridized carbons (Fsp3) is 0.263. The summed E-state index contributed by atoms with van der Waals surface area (Å²) < 4.78 is 48.6. The first-order chi connectivity index (χ1) is 13.1. The number of anilines is 1. The van der Waals surface area contributed by atoms with Gasteiger partial charge in [0.15, 0.2) is 6.61 Å². The average molecular weight is 416 g/mol. The van der Waals surface area contributed by atoms with Crippen LogP contribution in [0.3, 0.4) is 0 Å². The second-order valence-corrected chi connectivity index (χ2v) is 6.22. The summed E-state index contributed by atoms with van der Waals surface area (Å²) in [6.07, 6.45) is -4.73. The predicted molar refractivity (Wildman–Crippen MR) is 97.3 cm³/mol. The van der Waals surface area contributed by atoms with E-state index in [2.05, 4.69) is 5.32 Å². The Morgan fingerprint density at radius 3 is 2.57 bits per heavy atom. The first-order valence-corrected chi connectivity index (χ1v) is 8.54. The van der Waals surface area contributed by atoms with E-state index in [9.17, 15) is 22.8 Å². The lowest BCUT2D eigenvalue weighted by Gasteiger charge is -2.12. The Morgan fingerprint density at radius 1 is 1.14 bits per heavy atom. The molecule has 0 aliphatic carbocycles. The van der Waals surface area contributed by atoms with Gasteiger partial charge in [0.1, 0.15) is 5.75 Å². The fourth-order valence-electron chi connectivity index (χ4n) is 2.19. The van der Waals surface area contributed by atoms with Crippen LogP contribution in [-0.2, 0) is 20.5 Å². The van der Waals surface area contributed by atoms with Gasteiger partial charge in [0.05, 0.1) is 23.6 Å². The molecule has 2 rings (SSSR count). The molecule has 0 spiro atoms. The average Bonchev–Trinajstić information content (AvgIpc) is 2.61. The van der Waals surface area contributed by atoms with Gasteiger partial charge in [-0.2, -0.15) is 13.2 Å². The number of nitrogens with one attached hydrogen (secondary N) is 1. The molecular weight excluding hydrogens is 399 g/mol. The summed E-state index contributed by atoms with van der Waals surface area (Å²) in [6.45, 7) is 1.33. The Hall–Kier alpha value is -2.74. The van der Waals surface area contributed by atoms with Gasteiger partial charge in [0, 0.05) is 5.69 Å². The minimum atomic E-state index is -4.65. The molecule has 0 unspecified atom stereocenters. The minimum absolute atomic E-state index is 0.0655. The van der Waals surface area contributed by atoms with Gasteiger partial charge in [0.25, 0.3) is 5.91 Å². The summed E-state index contributed by atoms with van der Waals surface area (Å²) in [5.41, 5.74) is -0.176. The Balaban J connectivity index is 1.77. The second-order valence-electron chi connectivity index (χ2n) is 5.82. The van der Waals surface area contributed by atoms with Crippen LogP contribution in [0.15, 0.2) is 42.5 Å². The number of amides is 1. The highest BCUT2D eigenvalue weighted by Gasteiger charge is 2.33. The maximum atomic E-state index is 12.8. The van der Waals surface area contributed by atoms with Crippen molar-refractivity contribution in [2.24, 2.45) is 0 Å². The summed E-state index contributed by atoms with van der Waals surface area (Å²) in [6, 6.07) is 10.2. The molecule has 0 saturated heterocycles. The molecule has 150 valence electrons. The smallest absolute Gasteiger partial charge is 0.417 e. The number of aryl methyl sites for hydroxylation is 1. The lowest BCUT2D eigenvalue weighted by Crippen LogP contribution is -2.22. The van der Waals surface area contributed by atoms with Crippen LogP contribution < -0.4 is 10.1 Å². The summed E-state index contributed by atoms with van der Waals surface area (Å²) >= 11 is 5.51. The molecule has 2 aromatic rings. The molecule has 0 saturated carbocycles. The number of halogens is 4. The Labute approximate surface area is 164 Å². The van der Waals surface area contributed by atoms with Crippen LogP contribution in [0.2, 0.25) is 5.02 Å². The zero-order chi connectivity index (χ0) is 20.7. The van der Waals surface area contributed by atoms with Crippen molar-refractivity contribution in [2.45, 2.75) is 19.5 Å². The van der Waals surface area contributed by atoms with E-state index in [1.54, 1.807) is 12.1 Å². The molecule has 0 atom stereocenters. The molecule has 1 amide bonds. The van der Waals surface area contributed by atoms with Gasteiger partial charge in [-0.05, 0) is 42.8 Å². The van der Waals surface area contributed by atoms with Crippen molar-refractivity contribution in [3.63, 3.8) is 0 Å². The van der Waals surface area contributed by atoms with E-state index >= 15 is 0 Å². The Bertz CT molecular complexity index is 855. The van der Waals surface area contributed by atoms with Crippen molar-refractivity contribution < 1.29 is 32.2 Å². The van der Waals surface area contributed by atoms with Gasteiger partial charge in [-0.3, -0.25) is 9.59 Å². The number of carbonyl (C=O) groups is 2. The van der Waals surface area contributed by atoms with Crippen LogP contribution >= 0.6 is 11.6 Å². The van der Waals surface area contributed by atoms with Crippen molar-refractivity contribution in [1.82, 2.24) is 0 Å². The number of alkyl halides is 3. The number of benzene rings is 2. The summed E-state index contributed by atoms with van der Waals surface area (Å²) in [5.74, 6) is -0.841. The topological polar surface area (TPSA) is 64.6 Å². The number of rotatable bonds is 7. The lowest BCUT2D eigenvalue weighted by atomic mass is 10.2. The normalized spacial score (nSPS) is 11.0. The van der Waals surface area contributed by atoms with Crippen molar-refractivity contribution in [1.29, 1.82) is 0 Å². The summed E-state index contributed by atoms with van der Waals surface area (Å²) in [5, 5.41) is 1.74. The van der Waals surface area contributed by atoms with Crippen molar-refractivity contribution in [3.05, 3.63) is 58.6 Å². The van der Waals surface area contributed by atoms with E-state index in [0.717, 1.165) is 11.6 Å². The minimum Gasteiger partial charge on any atom is -0.493 e. The number of esters is 1. The molecule has 28 heavy (non-hydrogen) atoms. The van der Waals surface area contributed by atoms with Crippen LogP contribution in [0, 0.1) is 6.92 Å². The summed E-state index contributed by atoms with van der Waals surface area (Å²) in [7, 11) is 0. The largest absolute Gasteiger partial charge is 0.493 e. The van der Waals surface area contributed by atoms with Gasteiger partial charge in [-0.1, -0.05) is 23.7 Å². The van der Waals surface area contributed by atoms with E-state index in [4.69, 9.17) is 21.1 Å². The molecule has 0 fully saturated rings. The van der Waals surface area contributed by atoms with E-state index in [0.29, 0.717) is 11.8 Å². The number of ether oxygens (including phenoxy) is 2. The highest BCUT2D eigenvalue weighted by atomic mass is 35.5. The third-order valence-corrected chi connectivity index (χ3v) is 3.81. The van der Waals surface area contributed by atoms with E-state index < -0.39 is 35.2 Å². The quantitative estimate of drug-likeness (QED) is 0.670. The molecule has 1 N–H and O–H groups in total. The van der Waals surface area contributed by atoms with E-state index in [1.807, 2.05) is 19.1 Å². The van der Waals surface area contributed by atoms with E-state index in [1.165, 1.54) is 6.07 Å². The van der Waals surface area contributed by atoms with Crippen molar-refractivity contribution >= 4 is 29.2 Å². The Morgan fingerprint density at radius 2 is 1.89 bits per heavy atom. The molecule has 0 aliphatic rings. The van der Waals surface area contributed by atoms with Crippen LogP contribution in [0.1, 0.15) is 17.5 Å². The standard InChI is InChI=1S/C19H17ClF3NO4/c1-12-3-2-4-14(9-12)27-8-7-18(26)28-11-17(25)24-13-5-6-16(20)15(10-13)19(21,22)23/h2-6,9-10H,7-8,11H2,1H3,(H,24,25). The maximum Gasteiger partial charge on any atom is 0.417 e. The van der Waals surface area contributed by atoms with Gasteiger partial charge >= 0.3 is 12.1 Å². The van der Waals surface area contributed by atoms with Gasteiger partial charge < -0.3 is 14.8 Å². The van der Waals surface area contributed by atoms with Crippen molar-refractivity contribution in [2.75, 3.05) is 18.5 Å². The Kier molecular flexibility index (Phi) is 7.28. The molecule has 0 radical (unpaired) electrons. The number of hydrogen-bond acceptors (Lipinski definition) is 4. The molecule has 0 heterocycles. The zero-order valence-electron chi connectivity index (χ0n) is 14.8. The second kappa shape index (κ2) is 9.45. The van der Waals surface area contributed by atoms with Crippen LogP contribution in [-0.4, -0.2) is 25.1 Å². The molecule has 9 heteroatoms. The third kappa shape index (κ3) is 6.77. The molecular formula is C19H17ClF3NO4. The SMILES string of the molecule is Cc1cccc(OCCC(=O)OCC(=O)Nc2ccc(Cl)c(C(F)(F)F)c2)c1. The molecule has 5 nitrogen and oxygen atoms in total. The molecule has 0 aromatic heterocycles. The first kappa shape index (κ1) is 21.6. The maximum absolute atomic E-state index is 12.8. The zero-order valence-corrected chi connectivity index (χ0v) is 15.6. The fourth-order valence-corrected chi connectivity index (χ4v) is 2.42. The first-order valence-electron chi connectivity index (χ1n) is 8.17. The molecule has 0 aliphatic heterocycles. The summed E-state index contributed by atoms with van der Waals surface area (Å²) in [4.78, 5) is 23.4. The van der Waals surface area contributed by atoms with Gasteiger partial charge in [-0.25, -0.2) is 0 Å². The van der Waals surface area contributed by atoms with Gasteiger partial charge in [-0.15, -0.1) is 0 Å². The highest BCUT2D eigenvalue weighted by Crippen LogP contribution is 2.36. The number of carbonyl (C=O) groups excluding carboxylic acids is 2. The van der Waals surface area contributed by atoms with E-state index in [-0.39, 0.29) is 18.7 Å². The van der Waals surface area contributed by atoms with Crippen LogP contribution in [0.25, 0.3) is 0 Å². The number of hydrogen-bond donors (Lipinski definition) is 1. The third-order valence-electron chi connectivity index (χ3n) is 3.48. The van der Waals surface area contributed by atoms with Crippen LogP contribution in [0.5, 0.6) is 5.75 Å². The van der Waals surface area contributed by atoms with Crippen LogP contribution in [0.4, 0.5) is 18.9 Å². The highest BCUT2D eigenvalue weighted by molar-refractivity contribution is 6.31. The lowest BCUT2D eigenvalue weighted by molar-refractivity contribution is -0.147. The molecule has 0 bridgehead atoms. The monoisotopic (exact) mass is 415 g/mol. The van der Waals surface area contributed by atoms with Crippen molar-refractivity contribution in [3.8, 4) is 5.75 Å². The predicted octanol–water partition coefficient (Wildman–Crippen LogP) is 4.62. The van der Waals surface area contributed by atoms with Gasteiger partial charge in [0.2, 0.25) is 0 Å². The molecule has 2 aromatic carbocycles.